The number of hydrogen-bond donors (Lipinski definition) is 3. The molecule has 0 aromatic rings. The number of carbonyl (C=O) groups excluding carboxylic acids is 1. The van der Waals surface area contributed by atoms with Crippen molar-refractivity contribution >= 4 is 5.91 Å². The summed E-state index contributed by atoms with van der Waals surface area (Å²) in [5.74, 6) is 0.536. The molecule has 4 nitrogen and oxygen atoms in total. The highest BCUT2D eigenvalue weighted by Crippen LogP contribution is 2.13. The molecular formula is C11H22N2O2. The second-order valence-electron chi connectivity index (χ2n) is 4.28. The maximum absolute atomic E-state index is 11.5. The van der Waals surface area contributed by atoms with Crippen molar-refractivity contribution in [2.45, 2.75) is 38.7 Å². The first-order valence-electron chi connectivity index (χ1n) is 5.87. The van der Waals surface area contributed by atoms with Crippen molar-refractivity contribution in [3.05, 3.63) is 0 Å². The number of rotatable bonds is 5. The van der Waals surface area contributed by atoms with Crippen LogP contribution >= 0.6 is 0 Å². The van der Waals surface area contributed by atoms with Crippen molar-refractivity contribution in [1.29, 1.82) is 0 Å². The Labute approximate surface area is 91.4 Å². The van der Waals surface area contributed by atoms with E-state index < -0.39 is 6.10 Å². The van der Waals surface area contributed by atoms with Gasteiger partial charge >= 0.3 is 0 Å². The molecule has 1 heterocycles. The van der Waals surface area contributed by atoms with Crippen LogP contribution in [0.15, 0.2) is 0 Å². The van der Waals surface area contributed by atoms with E-state index in [9.17, 15) is 9.90 Å². The van der Waals surface area contributed by atoms with E-state index in [-0.39, 0.29) is 5.91 Å². The Kier molecular flexibility index (Phi) is 5.65. The number of aliphatic hydroxyl groups excluding tert-OH is 1. The van der Waals surface area contributed by atoms with Crippen LogP contribution in [0.3, 0.4) is 0 Å². The quantitative estimate of drug-likeness (QED) is 0.615. The Morgan fingerprint density at radius 1 is 1.67 bits per heavy atom. The van der Waals surface area contributed by atoms with Crippen molar-refractivity contribution < 1.29 is 9.90 Å². The zero-order valence-electron chi connectivity index (χ0n) is 9.46. The van der Waals surface area contributed by atoms with Gasteiger partial charge in [0.25, 0.3) is 0 Å². The lowest BCUT2D eigenvalue weighted by atomic mass is 9.96. The fourth-order valence-corrected chi connectivity index (χ4v) is 1.81. The van der Waals surface area contributed by atoms with E-state index in [0.717, 1.165) is 25.9 Å². The predicted molar refractivity (Wildman–Crippen MR) is 59.5 cm³/mol. The van der Waals surface area contributed by atoms with Crippen molar-refractivity contribution in [2.24, 2.45) is 5.92 Å². The molecule has 1 aliphatic heterocycles. The van der Waals surface area contributed by atoms with Crippen molar-refractivity contribution in [3.63, 3.8) is 0 Å². The third-order valence-corrected chi connectivity index (χ3v) is 2.88. The van der Waals surface area contributed by atoms with Crippen molar-refractivity contribution in [2.75, 3.05) is 19.6 Å². The second kappa shape index (κ2) is 6.80. The van der Waals surface area contributed by atoms with E-state index >= 15 is 0 Å². The molecule has 4 heteroatoms. The molecule has 1 aliphatic rings. The monoisotopic (exact) mass is 214 g/mol. The van der Waals surface area contributed by atoms with Gasteiger partial charge in [0, 0.05) is 13.0 Å². The lowest BCUT2D eigenvalue weighted by Gasteiger charge is -2.22. The zero-order chi connectivity index (χ0) is 11.1. The van der Waals surface area contributed by atoms with Gasteiger partial charge in [-0.1, -0.05) is 6.92 Å². The van der Waals surface area contributed by atoms with Crippen LogP contribution in [0.2, 0.25) is 0 Å². The smallest absolute Gasteiger partial charge is 0.220 e. The van der Waals surface area contributed by atoms with Gasteiger partial charge in [-0.05, 0) is 38.3 Å². The number of nitrogens with one attached hydrogen (secondary N) is 2. The van der Waals surface area contributed by atoms with Crippen LogP contribution in [0.1, 0.15) is 32.6 Å². The average molecular weight is 214 g/mol. The minimum atomic E-state index is -0.404. The molecule has 1 saturated heterocycles. The molecule has 1 fully saturated rings. The Morgan fingerprint density at radius 2 is 2.47 bits per heavy atom. The van der Waals surface area contributed by atoms with Gasteiger partial charge in [-0.15, -0.1) is 0 Å². The summed E-state index contributed by atoms with van der Waals surface area (Å²) in [6.07, 6.45) is 3.17. The molecule has 0 saturated carbocycles. The average Bonchev–Trinajstić information content (AvgIpc) is 2.27. The van der Waals surface area contributed by atoms with Gasteiger partial charge in [0.15, 0.2) is 0 Å². The van der Waals surface area contributed by atoms with Crippen LogP contribution in [-0.4, -0.2) is 36.8 Å². The minimum Gasteiger partial charge on any atom is -0.391 e. The van der Waals surface area contributed by atoms with Crippen LogP contribution in [0.5, 0.6) is 0 Å². The Balaban J connectivity index is 2.11. The molecule has 2 atom stereocenters. The van der Waals surface area contributed by atoms with E-state index in [1.165, 1.54) is 0 Å². The summed E-state index contributed by atoms with van der Waals surface area (Å²) in [6.45, 7) is 4.31. The fraction of sp³-hybridized carbons (Fsp3) is 0.909. The summed E-state index contributed by atoms with van der Waals surface area (Å²) in [5.41, 5.74) is 0. The highest BCUT2D eigenvalue weighted by Gasteiger charge is 2.16. The number of piperidine rings is 1. The molecule has 2 unspecified atom stereocenters. The third kappa shape index (κ3) is 5.14. The molecule has 1 rings (SSSR count). The van der Waals surface area contributed by atoms with Crippen molar-refractivity contribution in [1.82, 2.24) is 10.6 Å². The Hall–Kier alpha value is -0.610. The maximum atomic E-state index is 11.5. The highest BCUT2D eigenvalue weighted by molar-refractivity contribution is 5.76. The van der Waals surface area contributed by atoms with Gasteiger partial charge in [-0.25, -0.2) is 0 Å². The zero-order valence-corrected chi connectivity index (χ0v) is 9.46. The maximum Gasteiger partial charge on any atom is 0.220 e. The molecule has 88 valence electrons. The van der Waals surface area contributed by atoms with E-state index in [4.69, 9.17) is 0 Å². The van der Waals surface area contributed by atoms with E-state index in [2.05, 4.69) is 10.6 Å². The summed E-state index contributed by atoms with van der Waals surface area (Å²) in [5, 5.41) is 15.3. The number of aliphatic hydroxyl groups is 1. The number of amides is 1. The van der Waals surface area contributed by atoms with Crippen LogP contribution in [0.4, 0.5) is 0 Å². The Bertz CT molecular complexity index is 191. The summed E-state index contributed by atoms with van der Waals surface area (Å²) < 4.78 is 0. The predicted octanol–water partition coefficient (Wildman–Crippen LogP) is 0.263. The van der Waals surface area contributed by atoms with Gasteiger partial charge in [0.05, 0.1) is 6.10 Å². The normalized spacial score (nSPS) is 23.5. The molecule has 0 aromatic heterocycles. The molecule has 3 N–H and O–H groups in total. The van der Waals surface area contributed by atoms with Gasteiger partial charge in [-0.3, -0.25) is 4.79 Å². The number of carbonyl (C=O) groups is 1. The summed E-state index contributed by atoms with van der Waals surface area (Å²) in [7, 11) is 0. The molecule has 0 spiro atoms. The topological polar surface area (TPSA) is 61.4 Å². The first kappa shape index (κ1) is 12.5. The molecule has 0 bridgehead atoms. The largest absolute Gasteiger partial charge is 0.391 e. The molecule has 0 aromatic carbocycles. The standard InChI is InChI=1S/C11H22N2O2/c1-2-10(14)8-13-11(15)6-9-4-3-5-12-7-9/h9-10,12,14H,2-8H2,1H3,(H,13,15). The number of hydrogen-bond acceptors (Lipinski definition) is 3. The van der Waals surface area contributed by atoms with Gasteiger partial charge in [-0.2, -0.15) is 0 Å². The first-order valence-corrected chi connectivity index (χ1v) is 5.87. The van der Waals surface area contributed by atoms with Crippen LogP contribution < -0.4 is 10.6 Å². The SMILES string of the molecule is CCC(O)CNC(=O)CC1CCCNC1. The Morgan fingerprint density at radius 3 is 3.07 bits per heavy atom. The van der Waals surface area contributed by atoms with Gasteiger partial charge < -0.3 is 15.7 Å². The molecular weight excluding hydrogens is 192 g/mol. The van der Waals surface area contributed by atoms with Gasteiger partial charge in [0.1, 0.15) is 0 Å². The third-order valence-electron chi connectivity index (χ3n) is 2.88. The summed E-state index contributed by atoms with van der Waals surface area (Å²) >= 11 is 0. The lowest BCUT2D eigenvalue weighted by Crippen LogP contribution is -2.36. The minimum absolute atomic E-state index is 0.0659. The molecule has 1 amide bonds. The van der Waals surface area contributed by atoms with Crippen molar-refractivity contribution in [3.8, 4) is 0 Å². The summed E-state index contributed by atoms with van der Waals surface area (Å²) in [4.78, 5) is 11.5. The van der Waals surface area contributed by atoms with Gasteiger partial charge in [0.2, 0.25) is 5.91 Å². The molecule has 15 heavy (non-hydrogen) atoms. The fourth-order valence-electron chi connectivity index (χ4n) is 1.81. The second-order valence-corrected chi connectivity index (χ2v) is 4.28. The van der Waals surface area contributed by atoms with Crippen LogP contribution in [-0.2, 0) is 4.79 Å². The van der Waals surface area contributed by atoms with Crippen LogP contribution in [0, 0.1) is 5.92 Å². The van der Waals surface area contributed by atoms with E-state index in [0.29, 0.717) is 25.3 Å². The molecule has 0 radical (unpaired) electrons. The van der Waals surface area contributed by atoms with Crippen LogP contribution in [0.25, 0.3) is 0 Å². The lowest BCUT2D eigenvalue weighted by molar-refractivity contribution is -0.122. The highest BCUT2D eigenvalue weighted by atomic mass is 16.3. The van der Waals surface area contributed by atoms with E-state index in [1.54, 1.807) is 0 Å². The summed E-state index contributed by atoms with van der Waals surface area (Å²) in [6, 6.07) is 0. The molecule has 0 aliphatic carbocycles. The van der Waals surface area contributed by atoms with E-state index in [1.807, 2.05) is 6.92 Å². The first-order chi connectivity index (χ1) is 7.22.